The Kier molecular flexibility index (Phi) is 10.7. The molecule has 1 atom stereocenters. The van der Waals surface area contributed by atoms with Gasteiger partial charge in [-0.15, -0.1) is 24.0 Å². The summed E-state index contributed by atoms with van der Waals surface area (Å²) in [5.74, 6) is 2.87. The Morgan fingerprint density at radius 1 is 1.38 bits per heavy atom. The van der Waals surface area contributed by atoms with Gasteiger partial charge >= 0.3 is 0 Å². The summed E-state index contributed by atoms with van der Waals surface area (Å²) >= 11 is 2.08. The number of guanidine groups is 1. The van der Waals surface area contributed by atoms with Crippen molar-refractivity contribution in [1.82, 2.24) is 14.8 Å². The van der Waals surface area contributed by atoms with Gasteiger partial charge in [-0.3, -0.25) is 9.79 Å². The Balaban J connectivity index is 0.00000338. The molecule has 0 spiro atoms. The van der Waals surface area contributed by atoms with Crippen LogP contribution >= 0.6 is 35.7 Å². The van der Waals surface area contributed by atoms with Gasteiger partial charge in [0.05, 0.1) is 0 Å². The van der Waals surface area contributed by atoms with Crippen molar-refractivity contribution < 1.29 is 0 Å². The van der Waals surface area contributed by atoms with Gasteiger partial charge in [-0.1, -0.05) is 19.9 Å². The number of aromatic nitrogens is 1. The van der Waals surface area contributed by atoms with Crippen molar-refractivity contribution in [2.24, 2.45) is 10.9 Å². The van der Waals surface area contributed by atoms with Gasteiger partial charge in [0, 0.05) is 56.0 Å². The third-order valence-corrected chi connectivity index (χ3v) is 6.25. The monoisotopic (exact) mass is 492 g/mol. The molecule has 0 saturated carbocycles. The summed E-state index contributed by atoms with van der Waals surface area (Å²) in [7, 11) is 1.86. The first kappa shape index (κ1) is 23.3. The van der Waals surface area contributed by atoms with Gasteiger partial charge in [0.1, 0.15) is 0 Å². The zero-order valence-corrected chi connectivity index (χ0v) is 19.5. The summed E-state index contributed by atoms with van der Waals surface area (Å²) in [5.41, 5.74) is 1.12. The van der Waals surface area contributed by atoms with E-state index in [1.165, 1.54) is 5.75 Å². The molecule has 1 unspecified atom stereocenters. The molecule has 1 aliphatic rings. The lowest BCUT2D eigenvalue weighted by Gasteiger charge is -2.36. The van der Waals surface area contributed by atoms with Crippen LogP contribution in [0.25, 0.3) is 0 Å². The minimum Gasteiger partial charge on any atom is -0.356 e. The highest BCUT2D eigenvalue weighted by Crippen LogP contribution is 2.24. The largest absolute Gasteiger partial charge is 0.356 e. The standard InChI is InChI=1S/C19H32N4OS.HI/c1-15(2)17-14-22(12-13-25-17)19(20-4)21-10-5-6-11-23-16(3)8-7-9-18(23)24;/h7-9,15,17H,5-6,10-14H2,1-4H3,(H,20,21);1H. The molecule has 5 nitrogen and oxygen atoms in total. The SMILES string of the molecule is CN=C(NCCCCn1c(C)cccc1=O)N1CCSC(C(C)C)C1.I. The molecule has 1 aromatic rings. The summed E-state index contributed by atoms with van der Waals surface area (Å²) in [6.45, 7) is 10.4. The summed E-state index contributed by atoms with van der Waals surface area (Å²) < 4.78 is 1.85. The molecule has 148 valence electrons. The van der Waals surface area contributed by atoms with Crippen molar-refractivity contribution >= 4 is 41.7 Å². The van der Waals surface area contributed by atoms with E-state index < -0.39 is 0 Å². The summed E-state index contributed by atoms with van der Waals surface area (Å²) in [6.07, 6.45) is 2.01. The zero-order chi connectivity index (χ0) is 18.2. The Labute approximate surface area is 179 Å². The lowest BCUT2D eigenvalue weighted by atomic mass is 10.1. The van der Waals surface area contributed by atoms with E-state index in [-0.39, 0.29) is 29.5 Å². The number of nitrogens with one attached hydrogen (secondary N) is 1. The molecule has 1 aliphatic heterocycles. The van der Waals surface area contributed by atoms with E-state index in [1.807, 2.05) is 30.7 Å². The predicted molar refractivity (Wildman–Crippen MR) is 124 cm³/mol. The predicted octanol–water partition coefficient (Wildman–Crippen LogP) is 3.20. The number of thioether (sulfide) groups is 1. The highest BCUT2D eigenvalue weighted by Gasteiger charge is 2.24. The van der Waals surface area contributed by atoms with E-state index in [0.29, 0.717) is 11.2 Å². The van der Waals surface area contributed by atoms with E-state index in [2.05, 4.69) is 40.8 Å². The maximum atomic E-state index is 11.9. The fourth-order valence-electron chi connectivity index (χ4n) is 3.11. The van der Waals surface area contributed by atoms with Crippen molar-refractivity contribution in [3.63, 3.8) is 0 Å². The van der Waals surface area contributed by atoms with Crippen molar-refractivity contribution in [2.75, 3.05) is 32.4 Å². The van der Waals surface area contributed by atoms with Gasteiger partial charge in [-0.25, -0.2) is 0 Å². The van der Waals surface area contributed by atoms with Crippen LogP contribution in [0.3, 0.4) is 0 Å². The molecule has 1 N–H and O–H groups in total. The van der Waals surface area contributed by atoms with Crippen molar-refractivity contribution in [3.05, 3.63) is 34.2 Å². The topological polar surface area (TPSA) is 49.6 Å². The number of aliphatic imine (C=N–C) groups is 1. The zero-order valence-electron chi connectivity index (χ0n) is 16.4. The first-order valence-corrected chi connectivity index (χ1v) is 10.3. The van der Waals surface area contributed by atoms with Gasteiger partial charge in [0.25, 0.3) is 5.56 Å². The number of hydrogen-bond acceptors (Lipinski definition) is 3. The number of aryl methyl sites for hydroxylation is 1. The van der Waals surface area contributed by atoms with E-state index in [4.69, 9.17) is 0 Å². The molecule has 2 heterocycles. The number of rotatable bonds is 6. The fraction of sp³-hybridized carbons (Fsp3) is 0.684. The maximum absolute atomic E-state index is 11.9. The number of halogens is 1. The minimum atomic E-state index is 0. The lowest BCUT2D eigenvalue weighted by Crippen LogP contribution is -2.49. The van der Waals surface area contributed by atoms with Gasteiger partial charge in [-0.2, -0.15) is 11.8 Å². The van der Waals surface area contributed by atoms with Crippen LogP contribution in [0.5, 0.6) is 0 Å². The Morgan fingerprint density at radius 2 is 2.15 bits per heavy atom. The fourth-order valence-corrected chi connectivity index (χ4v) is 4.41. The van der Waals surface area contributed by atoms with Crippen LogP contribution in [0.1, 0.15) is 32.4 Å². The molecule has 1 aromatic heterocycles. The minimum absolute atomic E-state index is 0. The summed E-state index contributed by atoms with van der Waals surface area (Å²) in [4.78, 5) is 18.7. The molecule has 26 heavy (non-hydrogen) atoms. The molecular weight excluding hydrogens is 459 g/mol. The van der Waals surface area contributed by atoms with Crippen molar-refractivity contribution in [3.8, 4) is 0 Å². The number of nitrogens with zero attached hydrogens (tertiary/aromatic N) is 3. The van der Waals surface area contributed by atoms with E-state index >= 15 is 0 Å². The molecule has 2 rings (SSSR count). The van der Waals surface area contributed by atoms with Crippen LogP contribution in [0.15, 0.2) is 28.0 Å². The molecule has 0 aliphatic carbocycles. The lowest BCUT2D eigenvalue weighted by molar-refractivity contribution is 0.380. The van der Waals surface area contributed by atoms with Crippen LogP contribution in [-0.2, 0) is 6.54 Å². The summed E-state index contributed by atoms with van der Waals surface area (Å²) in [5, 5.41) is 4.17. The molecule has 0 aromatic carbocycles. The average molecular weight is 492 g/mol. The van der Waals surface area contributed by atoms with E-state index in [9.17, 15) is 4.79 Å². The number of pyridine rings is 1. The third kappa shape index (κ3) is 6.79. The van der Waals surface area contributed by atoms with Crippen molar-refractivity contribution in [2.45, 2.75) is 45.4 Å². The molecule has 0 bridgehead atoms. The van der Waals surface area contributed by atoms with E-state index in [1.54, 1.807) is 6.07 Å². The van der Waals surface area contributed by atoms with Crippen LogP contribution in [0, 0.1) is 12.8 Å². The number of hydrogen-bond donors (Lipinski definition) is 1. The third-order valence-electron chi connectivity index (χ3n) is 4.71. The Bertz CT molecular complexity index is 632. The van der Waals surface area contributed by atoms with E-state index in [0.717, 1.165) is 50.7 Å². The highest BCUT2D eigenvalue weighted by atomic mass is 127. The van der Waals surface area contributed by atoms with Gasteiger partial charge < -0.3 is 14.8 Å². The molecule has 7 heteroatoms. The van der Waals surface area contributed by atoms with Gasteiger partial charge in [0.2, 0.25) is 0 Å². The second-order valence-corrected chi connectivity index (χ2v) is 8.28. The smallest absolute Gasteiger partial charge is 0.250 e. The van der Waals surface area contributed by atoms with Gasteiger partial charge in [-0.05, 0) is 31.7 Å². The highest BCUT2D eigenvalue weighted by molar-refractivity contribution is 14.0. The number of unbranched alkanes of at least 4 members (excludes halogenated alkanes) is 1. The van der Waals surface area contributed by atoms with Crippen LogP contribution in [0.2, 0.25) is 0 Å². The molecule has 0 radical (unpaired) electrons. The average Bonchev–Trinajstić information content (AvgIpc) is 2.60. The van der Waals surface area contributed by atoms with Crippen LogP contribution < -0.4 is 10.9 Å². The second-order valence-electron chi connectivity index (χ2n) is 6.94. The molecule has 1 saturated heterocycles. The summed E-state index contributed by atoms with van der Waals surface area (Å²) in [6, 6.07) is 5.44. The Morgan fingerprint density at radius 3 is 2.81 bits per heavy atom. The maximum Gasteiger partial charge on any atom is 0.250 e. The second kappa shape index (κ2) is 11.9. The molecule has 0 amide bonds. The first-order chi connectivity index (χ1) is 12.0. The quantitative estimate of drug-likeness (QED) is 0.287. The molecular formula is C19H33IN4OS. The van der Waals surface area contributed by atoms with Crippen molar-refractivity contribution in [1.29, 1.82) is 0 Å². The van der Waals surface area contributed by atoms with Gasteiger partial charge in [0.15, 0.2) is 5.96 Å². The Hall–Kier alpha value is -0.700. The van der Waals surface area contributed by atoms with Crippen LogP contribution in [-0.4, -0.2) is 53.1 Å². The van der Waals surface area contributed by atoms with Crippen LogP contribution in [0.4, 0.5) is 0 Å². The first-order valence-electron chi connectivity index (χ1n) is 9.26. The normalized spacial score (nSPS) is 18.0. The molecule has 1 fully saturated rings.